The number of likely N-dealkylation sites (N-methyl/N-ethyl adjacent to an activating group) is 1. The SMILES string of the molecule is [2H]C([2H])CNC([2H])([2H])Cc1c[nH]c2ccccc12. The van der Waals surface area contributed by atoms with Gasteiger partial charge >= 0.3 is 0 Å². The topological polar surface area (TPSA) is 27.8 Å². The average molecular weight is 192 g/mol. The van der Waals surface area contributed by atoms with E-state index < -0.39 is 13.4 Å². The fourth-order valence-electron chi connectivity index (χ4n) is 1.51. The molecule has 2 heteroatoms. The molecule has 1 aromatic carbocycles. The third-order valence-electron chi connectivity index (χ3n) is 2.18. The molecule has 0 atom stereocenters. The number of H-pyrrole nitrogens is 1. The van der Waals surface area contributed by atoms with Gasteiger partial charge in [0, 0.05) is 22.6 Å². The lowest BCUT2D eigenvalue weighted by Crippen LogP contribution is -2.15. The molecule has 0 aliphatic heterocycles. The molecule has 1 heterocycles. The standard InChI is InChI=1S/C12H16N2/c1-2-13-8-7-10-9-14-12-6-4-3-5-11(10)12/h3-6,9,13-14H,2,7-8H2,1H3/i1D2,8D2. The summed E-state index contributed by atoms with van der Waals surface area (Å²) in [6.07, 6.45) is 2.02. The van der Waals surface area contributed by atoms with Gasteiger partial charge in [0.25, 0.3) is 0 Å². The van der Waals surface area contributed by atoms with Gasteiger partial charge in [-0.05, 0) is 31.1 Å². The van der Waals surface area contributed by atoms with Crippen molar-refractivity contribution in [1.82, 2.24) is 10.3 Å². The Bertz CT molecular complexity index is 522. The van der Waals surface area contributed by atoms with Gasteiger partial charge < -0.3 is 10.3 Å². The zero-order valence-electron chi connectivity index (χ0n) is 11.9. The number of para-hydroxylation sites is 1. The van der Waals surface area contributed by atoms with Gasteiger partial charge in [0.15, 0.2) is 0 Å². The van der Waals surface area contributed by atoms with Gasteiger partial charge in [-0.3, -0.25) is 0 Å². The first-order chi connectivity index (χ1) is 8.48. The van der Waals surface area contributed by atoms with Gasteiger partial charge in [0.05, 0.1) is 0 Å². The van der Waals surface area contributed by atoms with E-state index in [-0.39, 0.29) is 13.0 Å². The number of aromatic amines is 1. The fraction of sp³-hybridized carbons (Fsp3) is 0.333. The number of nitrogens with one attached hydrogen (secondary N) is 2. The highest BCUT2D eigenvalue weighted by Gasteiger charge is 2.00. The number of aryl methyl sites for hydroxylation is 1. The Kier molecular flexibility index (Phi) is 1.70. The molecule has 2 rings (SSSR count). The van der Waals surface area contributed by atoms with Crippen LogP contribution in [0.1, 0.15) is 17.9 Å². The number of rotatable bonds is 4. The van der Waals surface area contributed by atoms with E-state index in [1.807, 2.05) is 30.5 Å². The minimum Gasteiger partial charge on any atom is -0.361 e. The Morgan fingerprint density at radius 2 is 2.43 bits per heavy atom. The van der Waals surface area contributed by atoms with Crippen LogP contribution in [0.5, 0.6) is 0 Å². The molecule has 2 N–H and O–H groups in total. The lowest BCUT2D eigenvalue weighted by molar-refractivity contribution is 0.718. The molecule has 0 spiro atoms. The van der Waals surface area contributed by atoms with Crippen LogP contribution >= 0.6 is 0 Å². The summed E-state index contributed by atoms with van der Waals surface area (Å²) in [5, 5.41) is 3.62. The zero-order chi connectivity index (χ0) is 13.2. The summed E-state index contributed by atoms with van der Waals surface area (Å²) < 4.78 is 29.8. The van der Waals surface area contributed by atoms with Crippen LogP contribution in [0.3, 0.4) is 0 Å². The van der Waals surface area contributed by atoms with Crippen molar-refractivity contribution < 1.29 is 5.48 Å². The van der Waals surface area contributed by atoms with Crippen molar-refractivity contribution in [2.75, 3.05) is 13.0 Å². The van der Waals surface area contributed by atoms with Crippen LogP contribution < -0.4 is 5.32 Å². The van der Waals surface area contributed by atoms with E-state index in [1.165, 1.54) is 0 Å². The molecule has 0 bridgehead atoms. The van der Waals surface area contributed by atoms with Crippen molar-refractivity contribution in [3.63, 3.8) is 0 Å². The Labute approximate surface area is 90.0 Å². The Balaban J connectivity index is 2.13. The second kappa shape index (κ2) is 4.29. The minimum atomic E-state index is -1.61. The zero-order valence-corrected chi connectivity index (χ0v) is 7.88. The second-order valence-corrected chi connectivity index (χ2v) is 3.09. The molecule has 2 nitrogen and oxygen atoms in total. The Morgan fingerprint density at radius 1 is 1.50 bits per heavy atom. The summed E-state index contributed by atoms with van der Waals surface area (Å²) in [6.45, 7) is -2.64. The van der Waals surface area contributed by atoms with Crippen LogP contribution in [0.2, 0.25) is 0 Å². The minimum absolute atomic E-state index is 0.0232. The molecule has 0 fully saturated rings. The van der Waals surface area contributed by atoms with Crippen molar-refractivity contribution in [1.29, 1.82) is 0 Å². The van der Waals surface area contributed by atoms with Crippen LogP contribution in [0, 0.1) is 0 Å². The molecular formula is C12H16N2. The van der Waals surface area contributed by atoms with E-state index in [9.17, 15) is 0 Å². The first-order valence-electron chi connectivity index (χ1n) is 6.78. The van der Waals surface area contributed by atoms with Crippen molar-refractivity contribution in [3.05, 3.63) is 36.0 Å². The maximum absolute atomic E-state index is 7.85. The monoisotopic (exact) mass is 192 g/mol. The van der Waals surface area contributed by atoms with E-state index in [2.05, 4.69) is 10.3 Å². The summed E-state index contributed by atoms with van der Waals surface area (Å²) in [5.74, 6) is 0. The van der Waals surface area contributed by atoms with Crippen molar-refractivity contribution in [2.45, 2.75) is 13.3 Å². The molecule has 1 aromatic heterocycles. The van der Waals surface area contributed by atoms with E-state index >= 15 is 0 Å². The third-order valence-corrected chi connectivity index (χ3v) is 2.18. The summed E-state index contributed by atoms with van der Waals surface area (Å²) in [4.78, 5) is 3.11. The van der Waals surface area contributed by atoms with E-state index in [0.29, 0.717) is 0 Å². The molecule has 0 aliphatic carbocycles. The molecule has 0 amide bonds. The smallest absolute Gasteiger partial charge is 0.0456 e. The summed E-state index contributed by atoms with van der Waals surface area (Å²) >= 11 is 0. The normalized spacial score (nSPS) is 16.4. The Morgan fingerprint density at radius 3 is 3.36 bits per heavy atom. The number of hydrogen-bond donors (Lipinski definition) is 2. The molecule has 0 unspecified atom stereocenters. The van der Waals surface area contributed by atoms with Gasteiger partial charge in [-0.25, -0.2) is 0 Å². The van der Waals surface area contributed by atoms with E-state index in [0.717, 1.165) is 16.5 Å². The molecule has 0 aliphatic rings. The summed E-state index contributed by atoms with van der Waals surface area (Å²) in [7, 11) is 0. The van der Waals surface area contributed by atoms with Crippen molar-refractivity contribution in [2.24, 2.45) is 0 Å². The molecule has 14 heavy (non-hydrogen) atoms. The second-order valence-electron chi connectivity index (χ2n) is 3.09. The number of benzene rings is 1. The molecule has 0 saturated heterocycles. The molecule has 2 aromatic rings. The van der Waals surface area contributed by atoms with E-state index in [4.69, 9.17) is 5.48 Å². The van der Waals surface area contributed by atoms with Gasteiger partial charge in [0.2, 0.25) is 0 Å². The van der Waals surface area contributed by atoms with Gasteiger partial charge in [-0.1, -0.05) is 25.1 Å². The fourth-order valence-corrected chi connectivity index (χ4v) is 1.51. The van der Waals surface area contributed by atoms with Gasteiger partial charge in [-0.2, -0.15) is 0 Å². The van der Waals surface area contributed by atoms with Crippen LogP contribution in [0.25, 0.3) is 10.9 Å². The highest BCUT2D eigenvalue weighted by atomic mass is 14.8. The lowest BCUT2D eigenvalue weighted by atomic mass is 10.1. The molecule has 74 valence electrons. The van der Waals surface area contributed by atoms with Crippen LogP contribution in [-0.2, 0) is 6.42 Å². The lowest BCUT2D eigenvalue weighted by Gasteiger charge is -1.99. The molecule has 0 saturated carbocycles. The van der Waals surface area contributed by atoms with Crippen LogP contribution in [-0.4, -0.2) is 18.0 Å². The van der Waals surface area contributed by atoms with Crippen molar-refractivity contribution >= 4 is 10.9 Å². The largest absolute Gasteiger partial charge is 0.361 e. The van der Waals surface area contributed by atoms with Gasteiger partial charge in [-0.15, -0.1) is 0 Å². The van der Waals surface area contributed by atoms with Crippen LogP contribution in [0.15, 0.2) is 30.5 Å². The quantitative estimate of drug-likeness (QED) is 0.764. The van der Waals surface area contributed by atoms with Crippen LogP contribution in [0.4, 0.5) is 0 Å². The maximum atomic E-state index is 7.85. The average Bonchev–Trinajstić information content (AvgIpc) is 2.70. The predicted molar refractivity (Wildman–Crippen MR) is 60.5 cm³/mol. The summed E-state index contributed by atoms with van der Waals surface area (Å²) in [5.41, 5.74) is 1.89. The summed E-state index contributed by atoms with van der Waals surface area (Å²) in [6, 6.07) is 7.76. The number of hydrogen-bond acceptors (Lipinski definition) is 1. The number of fused-ring (bicyclic) bond motifs is 1. The predicted octanol–water partition coefficient (Wildman–Crippen LogP) is 2.32. The highest BCUT2D eigenvalue weighted by Crippen LogP contribution is 2.17. The first-order valence-corrected chi connectivity index (χ1v) is 4.62. The molecular weight excluding hydrogens is 172 g/mol. The highest BCUT2D eigenvalue weighted by molar-refractivity contribution is 5.83. The van der Waals surface area contributed by atoms with E-state index in [1.54, 1.807) is 0 Å². The Hall–Kier alpha value is -1.28. The maximum Gasteiger partial charge on any atom is 0.0456 e. The first kappa shape index (κ1) is 5.56. The number of aromatic nitrogens is 1. The van der Waals surface area contributed by atoms with Crippen molar-refractivity contribution in [3.8, 4) is 0 Å². The van der Waals surface area contributed by atoms with Gasteiger partial charge in [0.1, 0.15) is 0 Å². The molecule has 0 radical (unpaired) electrons. The third kappa shape index (κ3) is 1.80.